The molecule has 3 nitrogen and oxygen atoms in total. The standard InChI is InChI=1S/C13H17N2O.Al/c1-15(13(16)9-14)12-7-6-10-4-2-3-5-11(10)8-12;/h2-5,12,14H,6-9H2,1H3;/q-1;+1. The van der Waals surface area contributed by atoms with Gasteiger partial charge < -0.3 is 9.20 Å². The van der Waals surface area contributed by atoms with Gasteiger partial charge in [0, 0.05) is 13.1 Å². The van der Waals surface area contributed by atoms with Crippen LogP contribution in [0, 0.1) is 0 Å². The molecular weight excluding hydrogens is 227 g/mol. The molecule has 0 bridgehead atoms. The molecular formula is C13H17AlN2O. The fraction of sp³-hybridized carbons (Fsp3) is 0.462. The summed E-state index contributed by atoms with van der Waals surface area (Å²) < 4.78 is 2.83. The third-order valence-corrected chi connectivity index (χ3v) is 3.72. The van der Waals surface area contributed by atoms with E-state index in [-0.39, 0.29) is 5.91 Å². The highest BCUT2D eigenvalue weighted by Gasteiger charge is 2.24. The van der Waals surface area contributed by atoms with Gasteiger partial charge in [0.25, 0.3) is 16.5 Å². The fourth-order valence-electron chi connectivity index (χ4n) is 2.42. The topological polar surface area (TPSA) is 32.3 Å². The molecule has 0 aromatic heterocycles. The number of carbonyl (C=O) groups is 1. The first kappa shape index (κ1) is 12.6. The van der Waals surface area contributed by atoms with E-state index in [2.05, 4.69) is 45.1 Å². The van der Waals surface area contributed by atoms with Gasteiger partial charge in [-0.25, -0.2) is 0 Å². The molecule has 1 aromatic carbocycles. The van der Waals surface area contributed by atoms with Crippen LogP contribution in [0.5, 0.6) is 0 Å². The Hall–Kier alpha value is -0.818. The highest BCUT2D eigenvalue weighted by molar-refractivity contribution is 6.06. The van der Waals surface area contributed by atoms with Gasteiger partial charge in [-0.2, -0.15) is 0 Å². The molecule has 1 aromatic rings. The van der Waals surface area contributed by atoms with E-state index in [0.717, 1.165) is 19.3 Å². The molecule has 0 spiro atoms. The van der Waals surface area contributed by atoms with E-state index in [1.165, 1.54) is 11.1 Å². The summed E-state index contributed by atoms with van der Waals surface area (Å²) in [5, 5.41) is 0. The Bertz CT molecular complexity index is 408. The maximum Gasteiger partial charge on any atom is 0.252 e. The monoisotopic (exact) mass is 244 g/mol. The van der Waals surface area contributed by atoms with Gasteiger partial charge in [0.15, 0.2) is 0 Å². The summed E-state index contributed by atoms with van der Waals surface area (Å²) in [6.07, 6.45) is 3.12. The number of rotatable bonds is 3. The summed E-state index contributed by atoms with van der Waals surface area (Å²) in [5.74, 6) is 0.157. The van der Waals surface area contributed by atoms with Crippen molar-refractivity contribution in [1.82, 2.24) is 9.20 Å². The van der Waals surface area contributed by atoms with Crippen molar-refractivity contribution in [2.75, 3.05) is 13.6 Å². The average molecular weight is 244 g/mol. The van der Waals surface area contributed by atoms with Crippen molar-refractivity contribution >= 4 is 22.4 Å². The highest BCUT2D eigenvalue weighted by Crippen LogP contribution is 2.23. The van der Waals surface area contributed by atoms with Crippen LogP contribution in [0.25, 0.3) is 0 Å². The minimum absolute atomic E-state index is 0.157. The Morgan fingerprint density at radius 3 is 2.88 bits per heavy atom. The maximum atomic E-state index is 11.8. The number of aryl methyl sites for hydroxylation is 1. The number of fused-ring (bicyclic) bond motifs is 1. The van der Waals surface area contributed by atoms with Crippen molar-refractivity contribution < 1.29 is 4.79 Å². The number of amides is 1. The summed E-state index contributed by atoms with van der Waals surface area (Å²) in [6.45, 7) is 0.388. The number of hydrogen-bond donors (Lipinski definition) is 1. The van der Waals surface area contributed by atoms with Crippen LogP contribution < -0.4 is 4.30 Å². The molecule has 1 aliphatic rings. The molecule has 1 atom stereocenters. The molecule has 17 heavy (non-hydrogen) atoms. The molecule has 1 unspecified atom stereocenters. The fourth-order valence-corrected chi connectivity index (χ4v) is 2.60. The van der Waals surface area contributed by atoms with E-state index in [1.54, 1.807) is 0 Å². The number of hydrogen-bond acceptors (Lipinski definition) is 2. The molecule has 2 radical (unpaired) electrons. The summed E-state index contributed by atoms with van der Waals surface area (Å²) in [4.78, 5) is 13.7. The molecule has 0 aliphatic heterocycles. The van der Waals surface area contributed by atoms with Gasteiger partial charge >= 0.3 is 0 Å². The quantitative estimate of drug-likeness (QED) is 0.793. The van der Waals surface area contributed by atoms with E-state index in [0.29, 0.717) is 12.6 Å². The lowest BCUT2D eigenvalue weighted by atomic mass is 9.87. The molecule has 0 saturated heterocycles. The predicted molar refractivity (Wildman–Crippen MR) is 68.8 cm³/mol. The Morgan fingerprint density at radius 2 is 2.18 bits per heavy atom. The van der Waals surface area contributed by atoms with Crippen molar-refractivity contribution in [3.8, 4) is 0 Å². The Labute approximate surface area is 111 Å². The largest absolute Gasteiger partial charge is 0.408 e. The lowest BCUT2D eigenvalue weighted by Gasteiger charge is -2.32. The number of nitrogens with one attached hydrogen (secondary N) is 1. The predicted octanol–water partition coefficient (Wildman–Crippen LogP) is 0.675. The van der Waals surface area contributed by atoms with Crippen molar-refractivity contribution in [2.45, 2.75) is 25.3 Å². The molecule has 1 amide bonds. The average Bonchev–Trinajstić information content (AvgIpc) is 2.37. The van der Waals surface area contributed by atoms with E-state index >= 15 is 0 Å². The zero-order valence-corrected chi connectivity index (χ0v) is 11.3. The lowest BCUT2D eigenvalue weighted by molar-refractivity contribution is -0.130. The van der Waals surface area contributed by atoms with E-state index < -0.39 is 0 Å². The Balaban J connectivity index is 2.04. The van der Waals surface area contributed by atoms with E-state index in [4.69, 9.17) is 0 Å². The number of nitrogens with zero attached hydrogens (tertiary/aromatic N) is 1. The van der Waals surface area contributed by atoms with Gasteiger partial charge in [0.1, 0.15) is 0 Å². The third kappa shape index (κ3) is 2.90. The second-order valence-corrected chi connectivity index (χ2v) is 4.96. The molecule has 0 saturated carbocycles. The van der Waals surface area contributed by atoms with Crippen molar-refractivity contribution in [1.29, 1.82) is 0 Å². The first-order valence-electron chi connectivity index (χ1n) is 5.98. The van der Waals surface area contributed by atoms with Crippen LogP contribution in [-0.4, -0.2) is 47.0 Å². The normalized spacial score (nSPS) is 18.5. The zero-order chi connectivity index (χ0) is 12.3. The minimum atomic E-state index is 0.157. The zero-order valence-electron chi connectivity index (χ0n) is 10.1. The molecule has 0 heterocycles. The van der Waals surface area contributed by atoms with Crippen LogP contribution in [0.15, 0.2) is 24.3 Å². The SMILES string of the molecule is CN(C(=O)C[NH][Al])C1CCc2ccccc2C1. The third-order valence-electron chi connectivity index (χ3n) is 3.52. The van der Waals surface area contributed by atoms with Gasteiger partial charge in [0.05, 0.1) is 6.54 Å². The van der Waals surface area contributed by atoms with Crippen LogP contribution in [0.1, 0.15) is 17.5 Å². The van der Waals surface area contributed by atoms with Gasteiger partial charge in [-0.05, 0) is 30.4 Å². The van der Waals surface area contributed by atoms with Crippen molar-refractivity contribution in [3.05, 3.63) is 35.4 Å². The summed E-state index contributed by atoms with van der Waals surface area (Å²) in [6, 6.07) is 8.88. The van der Waals surface area contributed by atoms with Crippen molar-refractivity contribution in [2.24, 2.45) is 0 Å². The van der Waals surface area contributed by atoms with Gasteiger partial charge in [-0.15, -0.1) is 0 Å². The van der Waals surface area contributed by atoms with E-state index in [1.807, 2.05) is 11.9 Å². The maximum absolute atomic E-state index is 11.8. The highest BCUT2D eigenvalue weighted by atomic mass is 27.1. The Kier molecular flexibility index (Phi) is 4.22. The van der Waals surface area contributed by atoms with Crippen LogP contribution in [0.4, 0.5) is 0 Å². The van der Waals surface area contributed by atoms with Gasteiger partial charge in [-0.3, -0.25) is 4.79 Å². The first-order chi connectivity index (χ1) is 8.22. The lowest BCUT2D eigenvalue weighted by Crippen LogP contribution is -2.44. The molecule has 1 aliphatic carbocycles. The molecule has 2 rings (SSSR count). The smallest absolute Gasteiger partial charge is 0.252 e. The molecule has 1 N–H and O–H groups in total. The summed E-state index contributed by atoms with van der Waals surface area (Å²) in [5.41, 5.74) is 2.83. The molecule has 0 fully saturated rings. The van der Waals surface area contributed by atoms with Crippen LogP contribution in [0.2, 0.25) is 0 Å². The van der Waals surface area contributed by atoms with Gasteiger partial charge in [-0.1, -0.05) is 24.3 Å². The number of carbonyl (C=O) groups excluding carboxylic acids is 1. The van der Waals surface area contributed by atoms with E-state index in [9.17, 15) is 4.79 Å². The van der Waals surface area contributed by atoms with Gasteiger partial charge in [0.2, 0.25) is 5.91 Å². The van der Waals surface area contributed by atoms with Crippen molar-refractivity contribution in [3.63, 3.8) is 0 Å². The summed E-state index contributed by atoms with van der Waals surface area (Å²) >= 11 is 2.37. The Morgan fingerprint density at radius 1 is 1.47 bits per heavy atom. The second kappa shape index (κ2) is 5.68. The summed E-state index contributed by atoms with van der Waals surface area (Å²) in [7, 11) is 1.91. The van der Waals surface area contributed by atoms with Crippen LogP contribution >= 0.6 is 0 Å². The second-order valence-electron chi connectivity index (χ2n) is 4.55. The first-order valence-corrected chi connectivity index (χ1v) is 6.56. The number of likely N-dealkylation sites (N-methyl/N-ethyl adjacent to an activating group) is 1. The molecule has 4 heteroatoms. The van der Waals surface area contributed by atoms with Crippen LogP contribution in [-0.2, 0) is 17.6 Å². The van der Waals surface area contributed by atoms with Crippen LogP contribution in [0.3, 0.4) is 0 Å². The number of benzene rings is 1. The minimum Gasteiger partial charge on any atom is -0.408 e. The molecule has 88 valence electrons.